The summed E-state index contributed by atoms with van der Waals surface area (Å²) < 4.78 is 2.45. The molecule has 2 aromatic carbocycles. The van der Waals surface area contributed by atoms with Crippen molar-refractivity contribution in [2.24, 2.45) is 0 Å². The number of nitrogens with zero attached hydrogens (tertiary/aromatic N) is 4. The van der Waals surface area contributed by atoms with Crippen LogP contribution in [0.2, 0.25) is 0 Å². The second kappa shape index (κ2) is 6.75. The van der Waals surface area contributed by atoms with Gasteiger partial charge in [-0.2, -0.15) is 9.50 Å². The third-order valence-electron chi connectivity index (χ3n) is 4.71. The highest BCUT2D eigenvalue weighted by atomic mass is 79.9. The third kappa shape index (κ3) is 2.75. The van der Waals surface area contributed by atoms with Crippen LogP contribution in [-0.2, 0) is 4.79 Å². The van der Waals surface area contributed by atoms with E-state index >= 15 is 0 Å². The first-order valence-corrected chi connectivity index (χ1v) is 10.4. The van der Waals surface area contributed by atoms with Gasteiger partial charge in [0.15, 0.2) is 5.82 Å². The number of hydrogen-bond acceptors (Lipinski definition) is 5. The van der Waals surface area contributed by atoms with Gasteiger partial charge in [0.2, 0.25) is 4.96 Å². The van der Waals surface area contributed by atoms with Crippen molar-refractivity contribution in [1.82, 2.24) is 14.6 Å². The van der Waals surface area contributed by atoms with Crippen LogP contribution in [0.1, 0.15) is 5.56 Å². The molecule has 0 unspecified atom stereocenters. The van der Waals surface area contributed by atoms with Crippen LogP contribution in [0, 0.1) is 0 Å². The molecule has 142 valence electrons. The maximum Gasteiger partial charge on any atom is 0.291 e. The monoisotopic (exact) mass is 464 g/mol. The Morgan fingerprint density at radius 1 is 1.14 bits per heavy atom. The molecule has 4 aromatic rings. The van der Waals surface area contributed by atoms with Crippen molar-refractivity contribution >= 4 is 49.4 Å². The fourth-order valence-electron chi connectivity index (χ4n) is 3.43. The number of anilines is 1. The second-order valence-electron chi connectivity index (χ2n) is 6.47. The fraction of sp³-hybridized carbons (Fsp3) is 0.0476. The minimum Gasteiger partial charge on any atom is -0.304 e. The predicted molar refractivity (Wildman–Crippen MR) is 117 cm³/mol. The maximum absolute atomic E-state index is 13.1. The molecule has 29 heavy (non-hydrogen) atoms. The highest BCUT2D eigenvalue weighted by Gasteiger charge is 2.34. The summed E-state index contributed by atoms with van der Waals surface area (Å²) in [5.41, 5.74) is 2.36. The number of fused-ring (bicyclic) bond motifs is 2. The van der Waals surface area contributed by atoms with E-state index in [0.29, 0.717) is 27.4 Å². The van der Waals surface area contributed by atoms with E-state index in [1.807, 2.05) is 48.5 Å². The van der Waals surface area contributed by atoms with Gasteiger partial charge in [-0.15, -0.1) is 11.7 Å². The Labute approximate surface area is 177 Å². The number of aromatic nitrogens is 3. The van der Waals surface area contributed by atoms with Crippen molar-refractivity contribution in [1.29, 1.82) is 0 Å². The second-order valence-corrected chi connectivity index (χ2v) is 8.37. The smallest absolute Gasteiger partial charge is 0.291 e. The van der Waals surface area contributed by atoms with E-state index in [1.165, 1.54) is 15.9 Å². The first kappa shape index (κ1) is 18.0. The van der Waals surface area contributed by atoms with Crippen molar-refractivity contribution in [3.05, 3.63) is 86.1 Å². The zero-order valence-electron chi connectivity index (χ0n) is 15.0. The summed E-state index contributed by atoms with van der Waals surface area (Å²) >= 11 is 4.64. The lowest BCUT2D eigenvalue weighted by Gasteiger charge is -2.14. The molecule has 0 saturated heterocycles. The number of carbonyl (C=O) groups is 1. The van der Waals surface area contributed by atoms with Crippen molar-refractivity contribution in [2.75, 3.05) is 11.4 Å². The van der Waals surface area contributed by atoms with Crippen LogP contribution in [0.15, 0.2) is 70.5 Å². The lowest BCUT2D eigenvalue weighted by molar-refractivity contribution is -0.112. The Bertz CT molecular complexity index is 1410. The highest BCUT2D eigenvalue weighted by molar-refractivity contribution is 9.10. The zero-order valence-corrected chi connectivity index (χ0v) is 17.4. The van der Waals surface area contributed by atoms with Crippen LogP contribution in [0.4, 0.5) is 5.69 Å². The number of amides is 1. The lowest BCUT2D eigenvalue weighted by Crippen LogP contribution is -2.32. The zero-order chi connectivity index (χ0) is 20.1. The topological polar surface area (TPSA) is 67.6 Å². The van der Waals surface area contributed by atoms with Crippen molar-refractivity contribution in [2.45, 2.75) is 0 Å². The van der Waals surface area contributed by atoms with Gasteiger partial charge in [0, 0.05) is 22.1 Å². The van der Waals surface area contributed by atoms with Crippen LogP contribution in [0.5, 0.6) is 0 Å². The Morgan fingerprint density at radius 3 is 2.66 bits per heavy atom. The summed E-state index contributed by atoms with van der Waals surface area (Å²) in [6.07, 6.45) is 1.67. The third-order valence-corrected chi connectivity index (χ3v) is 6.23. The number of benzene rings is 2. The molecule has 0 N–H and O–H groups in total. The number of rotatable bonds is 3. The van der Waals surface area contributed by atoms with Crippen LogP contribution >= 0.6 is 27.3 Å². The number of thiazole rings is 1. The standard InChI is InChI=1S/C21H13BrN4O2S/c1-2-10-25-15-9-8-13(22)11-14(15)16(19(25)27)17-20(28)26-21(29-17)23-18(24-26)12-6-4-3-5-7-12/h2-9,11H,1,10H2. The van der Waals surface area contributed by atoms with E-state index in [9.17, 15) is 9.59 Å². The van der Waals surface area contributed by atoms with Crippen LogP contribution in [0.3, 0.4) is 0 Å². The molecule has 0 fully saturated rings. The molecule has 0 atom stereocenters. The van der Waals surface area contributed by atoms with Gasteiger partial charge in [-0.05, 0) is 18.2 Å². The summed E-state index contributed by atoms with van der Waals surface area (Å²) in [7, 11) is 0. The Balaban J connectivity index is 1.76. The van der Waals surface area contributed by atoms with E-state index in [2.05, 4.69) is 32.6 Å². The fourth-order valence-corrected chi connectivity index (χ4v) is 4.79. The van der Waals surface area contributed by atoms with Gasteiger partial charge in [0.05, 0.1) is 11.3 Å². The summed E-state index contributed by atoms with van der Waals surface area (Å²) in [6.45, 7) is 4.10. The first-order chi connectivity index (χ1) is 14.1. The van der Waals surface area contributed by atoms with E-state index in [4.69, 9.17) is 0 Å². The molecule has 2 aromatic heterocycles. The lowest BCUT2D eigenvalue weighted by atomic mass is 10.1. The highest BCUT2D eigenvalue weighted by Crippen LogP contribution is 2.37. The molecular formula is C21H13BrN4O2S. The van der Waals surface area contributed by atoms with Gasteiger partial charge in [-0.25, -0.2) is 0 Å². The maximum atomic E-state index is 13.1. The van der Waals surface area contributed by atoms with Gasteiger partial charge in [-0.3, -0.25) is 9.59 Å². The number of halogens is 1. The molecule has 5 rings (SSSR count). The minimum absolute atomic E-state index is 0.220. The summed E-state index contributed by atoms with van der Waals surface area (Å²) in [4.78, 5) is 32.8. The molecule has 8 heteroatoms. The quantitative estimate of drug-likeness (QED) is 0.437. The summed E-state index contributed by atoms with van der Waals surface area (Å²) in [5, 5.41) is 4.37. The van der Waals surface area contributed by atoms with Crippen LogP contribution in [0.25, 0.3) is 21.9 Å². The van der Waals surface area contributed by atoms with E-state index in [-0.39, 0.29) is 11.5 Å². The van der Waals surface area contributed by atoms with Crippen LogP contribution < -0.4 is 15.0 Å². The Morgan fingerprint density at radius 2 is 1.93 bits per heavy atom. The normalized spacial score (nSPS) is 15.2. The van der Waals surface area contributed by atoms with Gasteiger partial charge in [0.25, 0.3) is 11.5 Å². The molecule has 0 aliphatic carbocycles. The molecule has 0 bridgehead atoms. The Hall–Kier alpha value is -3.10. The van der Waals surface area contributed by atoms with Gasteiger partial charge in [-0.1, -0.05) is 63.7 Å². The summed E-state index contributed by atoms with van der Waals surface area (Å²) in [5.74, 6) is 0.266. The van der Waals surface area contributed by atoms with Gasteiger partial charge in [0.1, 0.15) is 4.53 Å². The summed E-state index contributed by atoms with van der Waals surface area (Å²) in [6, 6.07) is 15.1. The number of carbonyl (C=O) groups excluding carboxylic acids is 1. The molecule has 1 aliphatic rings. The largest absolute Gasteiger partial charge is 0.304 e. The molecule has 0 spiro atoms. The Kier molecular flexibility index (Phi) is 4.18. The van der Waals surface area contributed by atoms with E-state index in [1.54, 1.807) is 11.0 Å². The minimum atomic E-state index is -0.339. The SMILES string of the molecule is C=CCN1C(=O)C(=c2sc3nc(-c4ccccc4)nn3c2=O)c2cc(Br)ccc21. The molecule has 6 nitrogen and oxygen atoms in total. The first-order valence-electron chi connectivity index (χ1n) is 8.80. The molecule has 1 amide bonds. The van der Waals surface area contributed by atoms with Gasteiger partial charge >= 0.3 is 0 Å². The van der Waals surface area contributed by atoms with E-state index < -0.39 is 0 Å². The van der Waals surface area contributed by atoms with E-state index in [0.717, 1.165) is 21.3 Å². The average Bonchev–Trinajstić information content (AvgIpc) is 3.35. The van der Waals surface area contributed by atoms with Crippen molar-refractivity contribution in [3.63, 3.8) is 0 Å². The van der Waals surface area contributed by atoms with Crippen LogP contribution in [-0.4, -0.2) is 27.0 Å². The predicted octanol–water partition coefficient (Wildman–Crippen LogP) is 3.03. The molecule has 1 aliphatic heterocycles. The molecule has 3 heterocycles. The number of hydrogen-bond donors (Lipinski definition) is 0. The van der Waals surface area contributed by atoms with Gasteiger partial charge < -0.3 is 4.90 Å². The molecule has 0 radical (unpaired) electrons. The van der Waals surface area contributed by atoms with Crippen molar-refractivity contribution < 1.29 is 4.79 Å². The average molecular weight is 465 g/mol. The molecular weight excluding hydrogens is 452 g/mol. The van der Waals surface area contributed by atoms with Crippen molar-refractivity contribution in [3.8, 4) is 11.4 Å². The molecule has 0 saturated carbocycles.